The molecule has 0 aliphatic heterocycles. The van der Waals surface area contributed by atoms with Gasteiger partial charge in [-0.15, -0.1) is 0 Å². The van der Waals surface area contributed by atoms with Crippen LogP contribution < -0.4 is 0 Å². The van der Waals surface area contributed by atoms with Crippen molar-refractivity contribution in [3.05, 3.63) is 49.1 Å². The van der Waals surface area contributed by atoms with E-state index in [-0.39, 0.29) is 0 Å². The highest BCUT2D eigenvalue weighted by atomic mass is 15.0. The Morgan fingerprint density at radius 2 is 1.89 bits per heavy atom. The lowest BCUT2D eigenvalue weighted by Gasteiger charge is -2.17. The Bertz CT molecular complexity index is 686. The van der Waals surface area contributed by atoms with E-state index in [1.54, 1.807) is 6.33 Å². The summed E-state index contributed by atoms with van der Waals surface area (Å²) in [5.41, 5.74) is 3.53. The summed E-state index contributed by atoms with van der Waals surface area (Å²) in [6.45, 7) is 4.46. The Hall–Kier alpha value is -2.16. The number of rotatable bonds is 3. The second kappa shape index (κ2) is 4.84. The number of benzene rings is 1. The monoisotopic (exact) mass is 251 g/mol. The molecule has 0 amide bonds. The van der Waals surface area contributed by atoms with Crippen LogP contribution in [0.2, 0.25) is 0 Å². The molecule has 2 heterocycles. The summed E-state index contributed by atoms with van der Waals surface area (Å²) in [4.78, 5) is 8.27. The Balaban J connectivity index is 2.29. The van der Waals surface area contributed by atoms with Crippen LogP contribution in [0.15, 0.2) is 49.1 Å². The maximum Gasteiger partial charge on any atom is 0.115 e. The van der Waals surface area contributed by atoms with E-state index in [0.29, 0.717) is 6.04 Å². The Kier molecular flexibility index (Phi) is 3.03. The summed E-state index contributed by atoms with van der Waals surface area (Å²) in [5, 5.41) is 1.27. The van der Waals surface area contributed by atoms with Gasteiger partial charge in [-0.05, 0) is 25.5 Å². The van der Waals surface area contributed by atoms with Crippen LogP contribution in [0.1, 0.15) is 26.3 Å². The zero-order valence-electron chi connectivity index (χ0n) is 11.2. The first kappa shape index (κ1) is 11.9. The zero-order valence-corrected chi connectivity index (χ0v) is 11.2. The van der Waals surface area contributed by atoms with Gasteiger partial charge in [0.05, 0.1) is 5.69 Å². The highest BCUT2D eigenvalue weighted by Gasteiger charge is 2.14. The van der Waals surface area contributed by atoms with Gasteiger partial charge in [-0.25, -0.2) is 9.97 Å². The van der Waals surface area contributed by atoms with Gasteiger partial charge in [0, 0.05) is 34.9 Å². The summed E-state index contributed by atoms with van der Waals surface area (Å²) in [6.07, 6.45) is 6.42. The minimum atomic E-state index is 0.454. The maximum absolute atomic E-state index is 4.13. The molecule has 0 N–H and O–H groups in total. The third kappa shape index (κ3) is 2.01. The molecule has 0 radical (unpaired) electrons. The smallest absolute Gasteiger partial charge is 0.115 e. The van der Waals surface area contributed by atoms with Crippen LogP contribution >= 0.6 is 0 Å². The molecule has 0 aliphatic carbocycles. The fourth-order valence-corrected chi connectivity index (χ4v) is 2.49. The normalized spacial score (nSPS) is 12.7. The van der Waals surface area contributed by atoms with Gasteiger partial charge in [0.25, 0.3) is 0 Å². The fourth-order valence-electron chi connectivity index (χ4n) is 2.49. The predicted octanol–water partition coefficient (Wildman–Crippen LogP) is 4.07. The summed E-state index contributed by atoms with van der Waals surface area (Å²) in [7, 11) is 0. The fraction of sp³-hybridized carbons (Fsp3) is 0.250. The van der Waals surface area contributed by atoms with Crippen molar-refractivity contribution in [1.29, 1.82) is 0 Å². The van der Waals surface area contributed by atoms with Crippen molar-refractivity contribution in [2.24, 2.45) is 0 Å². The highest BCUT2D eigenvalue weighted by molar-refractivity contribution is 5.87. The van der Waals surface area contributed by atoms with E-state index in [9.17, 15) is 0 Å². The molecular formula is C16H17N3. The summed E-state index contributed by atoms with van der Waals surface area (Å²) >= 11 is 0. The minimum absolute atomic E-state index is 0.454. The molecule has 3 rings (SSSR count). The average molecular weight is 251 g/mol. The molecule has 0 saturated carbocycles. The number of hydrogen-bond donors (Lipinski definition) is 0. The van der Waals surface area contributed by atoms with Gasteiger partial charge in [0.1, 0.15) is 6.33 Å². The largest absolute Gasteiger partial charge is 0.338 e. The number of aromatic nitrogens is 3. The standard InChI is InChI=1S/C16H17N3/c1-3-12(2)19-15-7-5-4-6-13(15)8-16(19)14-9-17-11-18-10-14/h4-12H,3H2,1-2H3. The van der Waals surface area contributed by atoms with Crippen LogP contribution in [-0.4, -0.2) is 14.5 Å². The van der Waals surface area contributed by atoms with Crippen molar-refractivity contribution >= 4 is 10.9 Å². The van der Waals surface area contributed by atoms with Gasteiger partial charge < -0.3 is 4.57 Å². The van der Waals surface area contributed by atoms with E-state index in [4.69, 9.17) is 0 Å². The molecule has 19 heavy (non-hydrogen) atoms. The summed E-state index contributed by atoms with van der Waals surface area (Å²) in [5.74, 6) is 0. The number of nitrogens with zero attached hydrogens (tertiary/aromatic N) is 3. The molecule has 3 heteroatoms. The van der Waals surface area contributed by atoms with Crippen LogP contribution in [-0.2, 0) is 0 Å². The summed E-state index contributed by atoms with van der Waals surface area (Å²) < 4.78 is 2.38. The van der Waals surface area contributed by atoms with Crippen LogP contribution in [0.4, 0.5) is 0 Å². The van der Waals surface area contributed by atoms with Crippen LogP contribution in [0.5, 0.6) is 0 Å². The van der Waals surface area contributed by atoms with E-state index in [1.807, 2.05) is 12.4 Å². The first-order valence-corrected chi connectivity index (χ1v) is 6.66. The van der Waals surface area contributed by atoms with Gasteiger partial charge in [0.15, 0.2) is 0 Å². The Labute approximate surface area is 112 Å². The van der Waals surface area contributed by atoms with Crippen LogP contribution in [0.25, 0.3) is 22.2 Å². The average Bonchev–Trinajstić information content (AvgIpc) is 2.87. The Morgan fingerprint density at radius 1 is 1.16 bits per heavy atom. The van der Waals surface area contributed by atoms with Gasteiger partial charge in [-0.2, -0.15) is 0 Å². The highest BCUT2D eigenvalue weighted by Crippen LogP contribution is 2.31. The number of para-hydroxylation sites is 1. The Morgan fingerprint density at radius 3 is 2.63 bits per heavy atom. The quantitative estimate of drug-likeness (QED) is 0.702. The first-order chi connectivity index (χ1) is 9.31. The van der Waals surface area contributed by atoms with Crippen molar-refractivity contribution in [3.8, 4) is 11.3 Å². The lowest BCUT2D eigenvalue weighted by molar-refractivity contribution is 0.553. The molecule has 96 valence electrons. The van der Waals surface area contributed by atoms with E-state index >= 15 is 0 Å². The molecule has 1 atom stereocenters. The van der Waals surface area contributed by atoms with Crippen molar-refractivity contribution in [2.75, 3.05) is 0 Å². The van der Waals surface area contributed by atoms with Crippen molar-refractivity contribution < 1.29 is 0 Å². The lowest BCUT2D eigenvalue weighted by Crippen LogP contribution is -2.05. The molecule has 3 aromatic rings. The molecule has 1 aromatic carbocycles. The third-order valence-electron chi connectivity index (χ3n) is 3.64. The predicted molar refractivity (Wildman–Crippen MR) is 78.0 cm³/mol. The summed E-state index contributed by atoms with van der Waals surface area (Å²) in [6, 6.07) is 11.2. The second-order valence-corrected chi connectivity index (χ2v) is 4.84. The molecule has 0 aliphatic rings. The van der Waals surface area contributed by atoms with Gasteiger partial charge in [-0.3, -0.25) is 0 Å². The minimum Gasteiger partial charge on any atom is -0.338 e. The van der Waals surface area contributed by atoms with Gasteiger partial charge in [-0.1, -0.05) is 25.1 Å². The van der Waals surface area contributed by atoms with Crippen molar-refractivity contribution in [1.82, 2.24) is 14.5 Å². The van der Waals surface area contributed by atoms with E-state index in [1.165, 1.54) is 16.6 Å². The molecular weight excluding hydrogens is 234 g/mol. The van der Waals surface area contributed by atoms with Crippen LogP contribution in [0, 0.1) is 0 Å². The molecule has 0 bridgehead atoms. The molecule has 2 aromatic heterocycles. The van der Waals surface area contributed by atoms with Gasteiger partial charge in [0.2, 0.25) is 0 Å². The maximum atomic E-state index is 4.13. The second-order valence-electron chi connectivity index (χ2n) is 4.84. The first-order valence-electron chi connectivity index (χ1n) is 6.66. The molecule has 0 saturated heterocycles. The van der Waals surface area contributed by atoms with E-state index < -0.39 is 0 Å². The molecule has 3 nitrogen and oxygen atoms in total. The molecule has 0 fully saturated rings. The topological polar surface area (TPSA) is 30.7 Å². The molecule has 1 unspecified atom stereocenters. The zero-order chi connectivity index (χ0) is 13.2. The van der Waals surface area contributed by atoms with E-state index in [0.717, 1.165) is 12.0 Å². The SMILES string of the molecule is CCC(C)n1c(-c2cncnc2)cc2ccccc21. The van der Waals surface area contributed by atoms with Gasteiger partial charge >= 0.3 is 0 Å². The van der Waals surface area contributed by atoms with Crippen LogP contribution in [0.3, 0.4) is 0 Å². The number of hydrogen-bond acceptors (Lipinski definition) is 2. The third-order valence-corrected chi connectivity index (χ3v) is 3.64. The lowest BCUT2D eigenvalue weighted by atomic mass is 10.2. The molecule has 0 spiro atoms. The van der Waals surface area contributed by atoms with Crippen molar-refractivity contribution in [3.63, 3.8) is 0 Å². The van der Waals surface area contributed by atoms with E-state index in [2.05, 4.69) is 58.7 Å². The number of fused-ring (bicyclic) bond motifs is 1. The van der Waals surface area contributed by atoms with Crippen molar-refractivity contribution in [2.45, 2.75) is 26.3 Å².